The largest absolute Gasteiger partial charge is 0.476 e. The summed E-state index contributed by atoms with van der Waals surface area (Å²) in [6, 6.07) is 0. The first-order valence-corrected chi connectivity index (χ1v) is 6.46. The number of carboxylic acid groups (broad SMARTS) is 1. The lowest BCUT2D eigenvalue weighted by molar-refractivity contribution is 0.0691. The van der Waals surface area contributed by atoms with Gasteiger partial charge in [-0.05, 0) is 18.3 Å². The molecular weight excluding hydrogens is 230 g/mol. The van der Waals surface area contributed by atoms with Crippen LogP contribution in [-0.2, 0) is 0 Å². The smallest absolute Gasteiger partial charge is 0.358 e. The van der Waals surface area contributed by atoms with Crippen LogP contribution in [0.4, 0.5) is 5.82 Å². The van der Waals surface area contributed by atoms with Crippen molar-refractivity contribution in [1.82, 2.24) is 9.97 Å². The van der Waals surface area contributed by atoms with Crippen LogP contribution in [0.25, 0.3) is 0 Å². The van der Waals surface area contributed by atoms with Crippen LogP contribution in [0.1, 0.15) is 43.1 Å². The van der Waals surface area contributed by atoms with Crippen molar-refractivity contribution in [2.45, 2.75) is 32.6 Å². The summed E-state index contributed by atoms with van der Waals surface area (Å²) in [5.74, 6) is 0.628. The van der Waals surface area contributed by atoms with Gasteiger partial charge in [-0.15, -0.1) is 0 Å². The number of hydrogen-bond acceptors (Lipinski definition) is 4. The summed E-state index contributed by atoms with van der Waals surface area (Å²) >= 11 is 0. The standard InChI is InChI=1S/C13H19N3O2/c1-9-4-2-3-5-10(9)8-16-12-11(13(17)18)14-6-7-15-12/h6-7,9-10H,2-5,8H2,1H3,(H,15,16)(H,17,18). The van der Waals surface area contributed by atoms with Gasteiger partial charge in [-0.2, -0.15) is 0 Å². The van der Waals surface area contributed by atoms with Crippen molar-refractivity contribution in [3.05, 3.63) is 18.1 Å². The van der Waals surface area contributed by atoms with Crippen molar-refractivity contribution >= 4 is 11.8 Å². The quantitative estimate of drug-likeness (QED) is 0.857. The van der Waals surface area contributed by atoms with E-state index < -0.39 is 5.97 Å². The van der Waals surface area contributed by atoms with Gasteiger partial charge in [-0.3, -0.25) is 0 Å². The Kier molecular flexibility index (Phi) is 4.12. The molecule has 5 nitrogen and oxygen atoms in total. The molecule has 1 saturated carbocycles. The monoisotopic (exact) mass is 249 g/mol. The van der Waals surface area contributed by atoms with Gasteiger partial charge in [-0.1, -0.05) is 26.2 Å². The maximum Gasteiger partial charge on any atom is 0.358 e. The van der Waals surface area contributed by atoms with Gasteiger partial charge in [0.05, 0.1) is 0 Å². The highest BCUT2D eigenvalue weighted by Crippen LogP contribution is 2.29. The topological polar surface area (TPSA) is 75.1 Å². The van der Waals surface area contributed by atoms with Crippen molar-refractivity contribution in [2.24, 2.45) is 11.8 Å². The number of aromatic nitrogens is 2. The number of hydrogen-bond donors (Lipinski definition) is 2. The molecule has 0 bridgehead atoms. The number of rotatable bonds is 4. The summed E-state index contributed by atoms with van der Waals surface area (Å²) in [7, 11) is 0. The SMILES string of the molecule is CC1CCCCC1CNc1nccnc1C(=O)O. The van der Waals surface area contributed by atoms with Gasteiger partial charge < -0.3 is 10.4 Å². The summed E-state index contributed by atoms with van der Waals surface area (Å²) in [6.45, 7) is 3.04. The third-order valence-corrected chi connectivity index (χ3v) is 3.72. The molecule has 1 aromatic heterocycles. The number of aromatic carboxylic acids is 1. The normalized spacial score (nSPS) is 23.6. The predicted octanol–water partition coefficient (Wildman–Crippen LogP) is 2.41. The minimum absolute atomic E-state index is 0.000891. The predicted molar refractivity (Wildman–Crippen MR) is 68.6 cm³/mol. The fraction of sp³-hybridized carbons (Fsp3) is 0.615. The summed E-state index contributed by atoms with van der Waals surface area (Å²) in [6.07, 6.45) is 7.96. The van der Waals surface area contributed by atoms with E-state index in [1.807, 2.05) is 0 Å². The fourth-order valence-electron chi connectivity index (χ4n) is 2.55. The second-order valence-corrected chi connectivity index (χ2v) is 4.96. The highest BCUT2D eigenvalue weighted by Gasteiger charge is 2.22. The third-order valence-electron chi connectivity index (χ3n) is 3.72. The van der Waals surface area contributed by atoms with E-state index in [0.717, 1.165) is 6.54 Å². The molecule has 1 aliphatic carbocycles. The van der Waals surface area contributed by atoms with Crippen LogP contribution in [0.5, 0.6) is 0 Å². The average molecular weight is 249 g/mol. The lowest BCUT2D eigenvalue weighted by Crippen LogP contribution is -2.25. The molecule has 2 atom stereocenters. The Morgan fingerprint density at radius 2 is 2.11 bits per heavy atom. The fourth-order valence-corrected chi connectivity index (χ4v) is 2.55. The molecule has 0 saturated heterocycles. The van der Waals surface area contributed by atoms with Crippen LogP contribution in [-0.4, -0.2) is 27.6 Å². The van der Waals surface area contributed by atoms with Crippen molar-refractivity contribution in [3.63, 3.8) is 0 Å². The number of carbonyl (C=O) groups is 1. The summed E-state index contributed by atoms with van der Waals surface area (Å²) in [4.78, 5) is 18.9. The second-order valence-electron chi connectivity index (χ2n) is 4.96. The van der Waals surface area contributed by atoms with E-state index in [-0.39, 0.29) is 5.69 Å². The molecule has 2 unspecified atom stereocenters. The van der Waals surface area contributed by atoms with Crippen LogP contribution < -0.4 is 5.32 Å². The first-order chi connectivity index (χ1) is 8.68. The number of carboxylic acids is 1. The van der Waals surface area contributed by atoms with Crippen molar-refractivity contribution in [3.8, 4) is 0 Å². The first-order valence-electron chi connectivity index (χ1n) is 6.46. The molecule has 0 aliphatic heterocycles. The van der Waals surface area contributed by atoms with E-state index in [1.54, 1.807) is 0 Å². The number of nitrogens with one attached hydrogen (secondary N) is 1. The summed E-state index contributed by atoms with van der Waals surface area (Å²) in [5.41, 5.74) is 0.000891. The van der Waals surface area contributed by atoms with Crippen LogP contribution >= 0.6 is 0 Å². The van der Waals surface area contributed by atoms with Gasteiger partial charge in [-0.25, -0.2) is 14.8 Å². The second kappa shape index (κ2) is 5.80. The van der Waals surface area contributed by atoms with Crippen LogP contribution in [0, 0.1) is 11.8 Å². The van der Waals surface area contributed by atoms with E-state index in [2.05, 4.69) is 22.2 Å². The molecule has 0 spiro atoms. The molecule has 18 heavy (non-hydrogen) atoms. The molecule has 1 heterocycles. The van der Waals surface area contributed by atoms with Gasteiger partial charge in [0.15, 0.2) is 11.5 Å². The minimum atomic E-state index is -1.04. The minimum Gasteiger partial charge on any atom is -0.476 e. The molecule has 5 heteroatoms. The molecule has 1 aromatic rings. The Bertz CT molecular complexity index is 422. The maximum absolute atomic E-state index is 11.0. The molecule has 2 rings (SSSR count). The Labute approximate surface area is 107 Å². The van der Waals surface area contributed by atoms with E-state index >= 15 is 0 Å². The van der Waals surface area contributed by atoms with Crippen LogP contribution in [0.3, 0.4) is 0 Å². The van der Waals surface area contributed by atoms with Crippen molar-refractivity contribution in [1.29, 1.82) is 0 Å². The molecule has 0 amide bonds. The van der Waals surface area contributed by atoms with E-state index in [0.29, 0.717) is 17.7 Å². The molecule has 1 fully saturated rings. The number of nitrogens with zero attached hydrogens (tertiary/aromatic N) is 2. The molecular formula is C13H19N3O2. The van der Waals surface area contributed by atoms with E-state index in [9.17, 15) is 4.79 Å². The Morgan fingerprint density at radius 1 is 1.39 bits per heavy atom. The Morgan fingerprint density at radius 3 is 2.83 bits per heavy atom. The van der Waals surface area contributed by atoms with Crippen molar-refractivity contribution in [2.75, 3.05) is 11.9 Å². The zero-order valence-electron chi connectivity index (χ0n) is 10.6. The lowest BCUT2D eigenvalue weighted by atomic mass is 9.80. The summed E-state index contributed by atoms with van der Waals surface area (Å²) < 4.78 is 0. The zero-order chi connectivity index (χ0) is 13.0. The third kappa shape index (κ3) is 2.97. The molecule has 0 aromatic carbocycles. The van der Waals surface area contributed by atoms with Gasteiger partial charge in [0, 0.05) is 18.9 Å². The molecule has 1 aliphatic rings. The Hall–Kier alpha value is -1.65. The molecule has 0 radical (unpaired) electrons. The molecule has 2 N–H and O–H groups in total. The van der Waals surface area contributed by atoms with Gasteiger partial charge in [0.2, 0.25) is 0 Å². The van der Waals surface area contributed by atoms with Crippen molar-refractivity contribution < 1.29 is 9.90 Å². The highest BCUT2D eigenvalue weighted by atomic mass is 16.4. The zero-order valence-corrected chi connectivity index (χ0v) is 10.6. The maximum atomic E-state index is 11.0. The van der Waals surface area contributed by atoms with E-state index in [1.165, 1.54) is 38.1 Å². The van der Waals surface area contributed by atoms with Crippen LogP contribution in [0.2, 0.25) is 0 Å². The first kappa shape index (κ1) is 12.8. The average Bonchev–Trinajstić information content (AvgIpc) is 2.38. The Balaban J connectivity index is 1.99. The highest BCUT2D eigenvalue weighted by molar-refractivity contribution is 5.90. The number of anilines is 1. The van der Waals surface area contributed by atoms with Crippen LogP contribution in [0.15, 0.2) is 12.4 Å². The van der Waals surface area contributed by atoms with Gasteiger partial charge in [0.25, 0.3) is 0 Å². The van der Waals surface area contributed by atoms with Gasteiger partial charge >= 0.3 is 5.97 Å². The summed E-state index contributed by atoms with van der Waals surface area (Å²) in [5, 5.41) is 12.2. The molecule has 98 valence electrons. The lowest BCUT2D eigenvalue weighted by Gasteiger charge is -2.29. The van der Waals surface area contributed by atoms with E-state index in [4.69, 9.17) is 5.11 Å². The van der Waals surface area contributed by atoms with Gasteiger partial charge in [0.1, 0.15) is 0 Å².